The van der Waals surface area contributed by atoms with Crippen LogP contribution in [-0.4, -0.2) is 16.6 Å². The van der Waals surface area contributed by atoms with E-state index in [1.807, 2.05) is 49.4 Å². The minimum absolute atomic E-state index is 0.543. The highest BCUT2D eigenvalue weighted by Gasteiger charge is 2.04. The number of hydrogen-bond donors (Lipinski definition) is 1. The summed E-state index contributed by atoms with van der Waals surface area (Å²) >= 11 is 0. The van der Waals surface area contributed by atoms with E-state index in [4.69, 9.17) is 10.5 Å². The van der Waals surface area contributed by atoms with E-state index in [1.54, 1.807) is 6.07 Å². The quantitative estimate of drug-likeness (QED) is 0.656. The topological polar surface area (TPSA) is 52.3 Å². The lowest BCUT2D eigenvalue weighted by atomic mass is 10.2. The highest BCUT2D eigenvalue weighted by Crippen LogP contribution is 2.15. The number of nitrogen functional groups attached to an aromatic ring is 1. The molecule has 0 saturated heterocycles. The molecule has 0 bridgehead atoms. The Labute approximate surface area is 122 Å². The van der Waals surface area contributed by atoms with Crippen LogP contribution in [0.3, 0.4) is 0 Å². The molecular formula is C16H19NO2S. The summed E-state index contributed by atoms with van der Waals surface area (Å²) < 4.78 is 17.7. The van der Waals surface area contributed by atoms with Crippen molar-refractivity contribution in [2.75, 3.05) is 18.1 Å². The van der Waals surface area contributed by atoms with Gasteiger partial charge >= 0.3 is 0 Å². The van der Waals surface area contributed by atoms with Crippen LogP contribution in [0.15, 0.2) is 53.4 Å². The van der Waals surface area contributed by atoms with Crippen LogP contribution in [0.25, 0.3) is 0 Å². The minimum atomic E-state index is -0.961. The Morgan fingerprint density at radius 1 is 1.15 bits per heavy atom. The molecule has 3 nitrogen and oxygen atoms in total. The predicted octanol–water partition coefficient (Wildman–Crippen LogP) is 3.15. The Bertz CT molecular complexity index is 599. The van der Waals surface area contributed by atoms with Crippen LogP contribution in [0.1, 0.15) is 12.0 Å². The summed E-state index contributed by atoms with van der Waals surface area (Å²) in [5.41, 5.74) is 7.49. The third-order valence-electron chi connectivity index (χ3n) is 2.85. The maximum atomic E-state index is 12.1. The second-order valence-corrected chi connectivity index (χ2v) is 6.21. The molecule has 0 spiro atoms. The average Bonchev–Trinajstić information content (AvgIpc) is 2.43. The fraction of sp³-hybridized carbons (Fsp3) is 0.250. The van der Waals surface area contributed by atoms with Crippen molar-refractivity contribution in [3.63, 3.8) is 0 Å². The van der Waals surface area contributed by atoms with Gasteiger partial charge in [-0.25, -0.2) is 0 Å². The van der Waals surface area contributed by atoms with Crippen molar-refractivity contribution >= 4 is 16.5 Å². The van der Waals surface area contributed by atoms with E-state index in [0.717, 1.165) is 22.6 Å². The lowest BCUT2D eigenvalue weighted by molar-refractivity contribution is 0.318. The molecule has 2 N–H and O–H groups in total. The van der Waals surface area contributed by atoms with E-state index in [1.165, 1.54) is 0 Å². The van der Waals surface area contributed by atoms with E-state index in [9.17, 15) is 4.21 Å². The second kappa shape index (κ2) is 7.10. The van der Waals surface area contributed by atoms with Gasteiger partial charge in [0.05, 0.1) is 17.4 Å². The summed E-state index contributed by atoms with van der Waals surface area (Å²) in [4.78, 5) is 0.883. The Kier molecular flexibility index (Phi) is 5.18. The molecule has 4 heteroatoms. The number of ether oxygens (including phenoxy) is 1. The van der Waals surface area contributed by atoms with Crippen LogP contribution in [-0.2, 0) is 10.8 Å². The zero-order valence-corrected chi connectivity index (χ0v) is 12.4. The first-order chi connectivity index (χ1) is 9.65. The molecule has 0 fully saturated rings. The largest absolute Gasteiger partial charge is 0.493 e. The Hall–Kier alpha value is -1.81. The van der Waals surface area contributed by atoms with Crippen molar-refractivity contribution < 1.29 is 8.95 Å². The lowest BCUT2D eigenvalue weighted by Gasteiger charge is -2.07. The zero-order valence-electron chi connectivity index (χ0n) is 11.5. The van der Waals surface area contributed by atoms with Gasteiger partial charge in [0.15, 0.2) is 0 Å². The van der Waals surface area contributed by atoms with Crippen molar-refractivity contribution in [2.24, 2.45) is 0 Å². The van der Waals surface area contributed by atoms with Crippen LogP contribution >= 0.6 is 0 Å². The van der Waals surface area contributed by atoms with Gasteiger partial charge in [0, 0.05) is 22.4 Å². The molecule has 2 rings (SSSR count). The summed E-state index contributed by atoms with van der Waals surface area (Å²) in [6.07, 6.45) is 0.745. The predicted molar refractivity (Wildman–Crippen MR) is 83.4 cm³/mol. The van der Waals surface area contributed by atoms with E-state index >= 15 is 0 Å². The van der Waals surface area contributed by atoms with Crippen LogP contribution in [0.4, 0.5) is 5.69 Å². The van der Waals surface area contributed by atoms with E-state index in [-0.39, 0.29) is 0 Å². The first-order valence-electron chi connectivity index (χ1n) is 6.58. The number of benzene rings is 2. The van der Waals surface area contributed by atoms with Gasteiger partial charge in [0.25, 0.3) is 0 Å². The molecule has 0 radical (unpaired) electrons. The number of hydrogen-bond acceptors (Lipinski definition) is 3. The average molecular weight is 289 g/mol. The minimum Gasteiger partial charge on any atom is -0.493 e. The molecule has 2 aromatic rings. The van der Waals surface area contributed by atoms with Gasteiger partial charge in [-0.05, 0) is 43.2 Å². The third kappa shape index (κ3) is 4.38. The smallest absolute Gasteiger partial charge is 0.121 e. The second-order valence-electron chi connectivity index (χ2n) is 4.64. The molecular weight excluding hydrogens is 270 g/mol. The van der Waals surface area contributed by atoms with Crippen LogP contribution in [0.2, 0.25) is 0 Å². The van der Waals surface area contributed by atoms with Crippen LogP contribution in [0.5, 0.6) is 5.75 Å². The summed E-state index contributed by atoms with van der Waals surface area (Å²) in [6, 6.07) is 15.1. The van der Waals surface area contributed by atoms with Crippen molar-refractivity contribution in [3.05, 3.63) is 54.1 Å². The van der Waals surface area contributed by atoms with Gasteiger partial charge < -0.3 is 10.5 Å². The zero-order chi connectivity index (χ0) is 14.4. The molecule has 0 amide bonds. The van der Waals surface area contributed by atoms with Gasteiger partial charge in [-0.3, -0.25) is 4.21 Å². The molecule has 106 valence electrons. The Balaban J connectivity index is 1.77. The SMILES string of the molecule is Cc1cccc(S(=O)CCCOc2cccc(N)c2)c1. The summed E-state index contributed by atoms with van der Waals surface area (Å²) in [5, 5.41) is 0. The van der Waals surface area contributed by atoms with Crippen LogP contribution < -0.4 is 10.5 Å². The van der Waals surface area contributed by atoms with Gasteiger partial charge in [0.2, 0.25) is 0 Å². The normalized spacial score (nSPS) is 12.1. The standard InChI is InChI=1S/C16H19NO2S/c1-13-5-2-8-16(11-13)20(18)10-4-9-19-15-7-3-6-14(17)12-15/h2-3,5-8,11-12H,4,9-10,17H2,1H3. The number of rotatable bonds is 6. The van der Waals surface area contributed by atoms with Gasteiger partial charge in [-0.15, -0.1) is 0 Å². The van der Waals surface area contributed by atoms with Crippen molar-refractivity contribution in [1.29, 1.82) is 0 Å². The van der Waals surface area contributed by atoms with Crippen LogP contribution in [0, 0.1) is 6.92 Å². The summed E-state index contributed by atoms with van der Waals surface area (Å²) in [7, 11) is -0.961. The molecule has 1 atom stereocenters. The number of aryl methyl sites for hydroxylation is 1. The molecule has 1 unspecified atom stereocenters. The van der Waals surface area contributed by atoms with E-state index in [0.29, 0.717) is 18.0 Å². The summed E-state index contributed by atoms with van der Waals surface area (Å²) in [6.45, 7) is 2.55. The van der Waals surface area contributed by atoms with Gasteiger partial charge in [-0.1, -0.05) is 18.2 Å². The molecule has 0 saturated carbocycles. The molecule has 0 aliphatic heterocycles. The highest BCUT2D eigenvalue weighted by atomic mass is 32.2. The highest BCUT2D eigenvalue weighted by molar-refractivity contribution is 7.85. The van der Waals surface area contributed by atoms with Crippen molar-refractivity contribution in [3.8, 4) is 5.75 Å². The monoisotopic (exact) mass is 289 g/mol. The molecule has 0 aliphatic rings. The van der Waals surface area contributed by atoms with Crippen molar-refractivity contribution in [2.45, 2.75) is 18.2 Å². The third-order valence-corrected chi connectivity index (χ3v) is 4.29. The first kappa shape index (κ1) is 14.6. The molecule has 20 heavy (non-hydrogen) atoms. The molecule has 0 heterocycles. The molecule has 0 aliphatic carbocycles. The Morgan fingerprint density at radius 2 is 1.95 bits per heavy atom. The number of anilines is 1. The van der Waals surface area contributed by atoms with Gasteiger partial charge in [-0.2, -0.15) is 0 Å². The maximum absolute atomic E-state index is 12.1. The lowest BCUT2D eigenvalue weighted by Crippen LogP contribution is -2.05. The van der Waals surface area contributed by atoms with E-state index in [2.05, 4.69) is 0 Å². The fourth-order valence-corrected chi connectivity index (χ4v) is 3.02. The summed E-state index contributed by atoms with van der Waals surface area (Å²) in [5.74, 6) is 1.36. The molecule has 0 aromatic heterocycles. The fourth-order valence-electron chi connectivity index (χ4n) is 1.86. The van der Waals surface area contributed by atoms with E-state index < -0.39 is 10.8 Å². The first-order valence-corrected chi connectivity index (χ1v) is 7.90. The Morgan fingerprint density at radius 3 is 2.70 bits per heavy atom. The van der Waals surface area contributed by atoms with Crippen molar-refractivity contribution in [1.82, 2.24) is 0 Å². The number of nitrogens with two attached hydrogens (primary N) is 1. The molecule has 2 aromatic carbocycles. The van der Waals surface area contributed by atoms with Gasteiger partial charge in [0.1, 0.15) is 5.75 Å². The maximum Gasteiger partial charge on any atom is 0.121 e.